The van der Waals surface area contributed by atoms with Gasteiger partial charge in [-0.05, 0) is 46.4 Å². The molecule has 4 aromatic rings. The quantitative estimate of drug-likeness (QED) is 0.406. The first-order valence-corrected chi connectivity index (χ1v) is 10.5. The van der Waals surface area contributed by atoms with E-state index in [0.717, 1.165) is 6.42 Å². The Kier molecular flexibility index (Phi) is 5.94. The van der Waals surface area contributed by atoms with E-state index < -0.39 is 0 Å². The van der Waals surface area contributed by atoms with Crippen LogP contribution in [0.5, 0.6) is 0 Å². The molecule has 0 aliphatic rings. The molecule has 1 N–H and O–H groups in total. The van der Waals surface area contributed by atoms with Crippen LogP contribution in [0.2, 0.25) is 0 Å². The second kappa shape index (κ2) is 8.96. The van der Waals surface area contributed by atoms with E-state index in [-0.39, 0.29) is 17.9 Å². The summed E-state index contributed by atoms with van der Waals surface area (Å²) in [6.07, 6.45) is 0.872. The van der Waals surface area contributed by atoms with Crippen molar-refractivity contribution in [2.24, 2.45) is 0 Å². The van der Waals surface area contributed by atoms with E-state index in [0.29, 0.717) is 0 Å². The van der Waals surface area contributed by atoms with Crippen LogP contribution in [-0.2, 0) is 11.2 Å². The molecular formula is C28H27NO. The normalized spacial score (nSPS) is 13.0. The molecule has 0 heterocycles. The summed E-state index contributed by atoms with van der Waals surface area (Å²) in [6, 6.07) is 34.3. The van der Waals surface area contributed by atoms with Gasteiger partial charge in [-0.3, -0.25) is 4.79 Å². The minimum Gasteiger partial charge on any atom is -0.353 e. The minimum atomic E-state index is 0.00640. The molecule has 0 aromatic heterocycles. The molecule has 2 nitrogen and oxygen atoms in total. The summed E-state index contributed by atoms with van der Waals surface area (Å²) >= 11 is 0. The lowest BCUT2D eigenvalue weighted by Gasteiger charge is -2.26. The maximum atomic E-state index is 11.7. The van der Waals surface area contributed by atoms with Crippen LogP contribution in [0, 0.1) is 0 Å². The van der Waals surface area contributed by atoms with Crippen molar-refractivity contribution in [3.63, 3.8) is 0 Å². The van der Waals surface area contributed by atoms with Crippen LogP contribution in [0.3, 0.4) is 0 Å². The minimum absolute atomic E-state index is 0.00640. The largest absolute Gasteiger partial charge is 0.353 e. The summed E-state index contributed by atoms with van der Waals surface area (Å²) in [7, 11) is 0. The summed E-state index contributed by atoms with van der Waals surface area (Å²) in [4.78, 5) is 11.7. The molecule has 2 unspecified atom stereocenters. The van der Waals surface area contributed by atoms with Crippen LogP contribution in [-0.4, -0.2) is 11.9 Å². The number of nitrogens with one attached hydrogen (secondary N) is 1. The summed E-state index contributed by atoms with van der Waals surface area (Å²) in [6.45, 7) is 3.68. The third kappa shape index (κ3) is 4.60. The van der Waals surface area contributed by atoms with E-state index >= 15 is 0 Å². The van der Waals surface area contributed by atoms with Crippen molar-refractivity contribution >= 4 is 16.7 Å². The smallest absolute Gasteiger partial charge is 0.217 e. The zero-order chi connectivity index (χ0) is 20.9. The van der Waals surface area contributed by atoms with Crippen molar-refractivity contribution in [2.45, 2.75) is 32.2 Å². The fraction of sp³-hybridized carbons (Fsp3) is 0.179. The zero-order valence-electron chi connectivity index (χ0n) is 17.5. The van der Waals surface area contributed by atoms with Crippen molar-refractivity contribution in [1.82, 2.24) is 5.32 Å². The number of rotatable bonds is 6. The van der Waals surface area contributed by atoms with Crippen molar-refractivity contribution in [2.75, 3.05) is 0 Å². The fourth-order valence-corrected chi connectivity index (χ4v) is 4.18. The molecule has 0 fully saturated rings. The molecular weight excluding hydrogens is 366 g/mol. The van der Waals surface area contributed by atoms with Crippen LogP contribution in [0.25, 0.3) is 21.9 Å². The molecule has 0 spiro atoms. The number of benzene rings is 4. The van der Waals surface area contributed by atoms with Crippen LogP contribution in [0.4, 0.5) is 0 Å². The molecule has 0 saturated carbocycles. The zero-order valence-corrected chi connectivity index (χ0v) is 17.5. The maximum Gasteiger partial charge on any atom is 0.217 e. The van der Waals surface area contributed by atoms with Crippen LogP contribution in [0.15, 0.2) is 97.1 Å². The Hall–Kier alpha value is -3.39. The summed E-state index contributed by atoms with van der Waals surface area (Å²) in [5.74, 6) is 0.201. The highest BCUT2D eigenvalue weighted by molar-refractivity contribution is 5.83. The lowest BCUT2D eigenvalue weighted by atomic mass is 9.85. The number of hydrogen-bond acceptors (Lipinski definition) is 1. The van der Waals surface area contributed by atoms with Gasteiger partial charge in [0.1, 0.15) is 0 Å². The molecule has 0 aliphatic carbocycles. The summed E-state index contributed by atoms with van der Waals surface area (Å²) in [5.41, 5.74) is 4.94. The lowest BCUT2D eigenvalue weighted by Crippen LogP contribution is -2.36. The highest BCUT2D eigenvalue weighted by Crippen LogP contribution is 2.29. The highest BCUT2D eigenvalue weighted by atomic mass is 16.1. The summed E-state index contributed by atoms with van der Waals surface area (Å²) < 4.78 is 0. The molecule has 4 aromatic carbocycles. The Labute approximate surface area is 178 Å². The number of carbonyl (C=O) groups excluding carboxylic acids is 1. The molecule has 0 bridgehead atoms. The van der Waals surface area contributed by atoms with E-state index in [1.165, 1.54) is 33.0 Å². The maximum absolute atomic E-state index is 11.7. The molecule has 2 heteroatoms. The monoisotopic (exact) mass is 393 g/mol. The van der Waals surface area contributed by atoms with Gasteiger partial charge >= 0.3 is 0 Å². The molecule has 150 valence electrons. The Balaban J connectivity index is 1.64. The van der Waals surface area contributed by atoms with Crippen molar-refractivity contribution in [3.8, 4) is 11.1 Å². The Morgan fingerprint density at radius 3 is 2.10 bits per heavy atom. The number of carbonyl (C=O) groups is 1. The Morgan fingerprint density at radius 1 is 0.767 bits per heavy atom. The first kappa shape index (κ1) is 19.9. The standard InChI is InChI=1S/C28H27NO/c1-20(29-21(2)30)28(19-22-12-13-24-10-6-7-11-27(24)18-22)26-16-14-25(15-17-26)23-8-4-3-5-9-23/h3-18,20,28H,19H2,1-2H3,(H,29,30). The van der Waals surface area contributed by atoms with E-state index in [9.17, 15) is 4.79 Å². The fourth-order valence-electron chi connectivity index (χ4n) is 4.18. The predicted molar refractivity (Wildman–Crippen MR) is 126 cm³/mol. The van der Waals surface area contributed by atoms with E-state index in [4.69, 9.17) is 0 Å². The van der Waals surface area contributed by atoms with Crippen molar-refractivity contribution < 1.29 is 4.79 Å². The average molecular weight is 394 g/mol. The van der Waals surface area contributed by atoms with Gasteiger partial charge in [-0.1, -0.05) is 97.1 Å². The van der Waals surface area contributed by atoms with Gasteiger partial charge in [-0.2, -0.15) is 0 Å². The molecule has 4 rings (SSSR count). The second-order valence-electron chi connectivity index (χ2n) is 7.97. The Morgan fingerprint density at radius 2 is 1.40 bits per heavy atom. The van der Waals surface area contributed by atoms with E-state index in [2.05, 4.69) is 103 Å². The van der Waals surface area contributed by atoms with Crippen LogP contribution in [0.1, 0.15) is 30.9 Å². The Bertz CT molecular complexity index is 1130. The van der Waals surface area contributed by atoms with Gasteiger partial charge in [0.05, 0.1) is 0 Å². The van der Waals surface area contributed by atoms with E-state index in [1.54, 1.807) is 6.92 Å². The first-order chi connectivity index (χ1) is 14.6. The van der Waals surface area contributed by atoms with Gasteiger partial charge in [0.15, 0.2) is 0 Å². The number of fused-ring (bicyclic) bond motifs is 1. The SMILES string of the molecule is CC(=O)NC(C)C(Cc1ccc2ccccc2c1)c1ccc(-c2ccccc2)cc1. The summed E-state index contributed by atoms with van der Waals surface area (Å²) in [5, 5.41) is 5.61. The van der Waals surface area contributed by atoms with Gasteiger partial charge in [0.25, 0.3) is 0 Å². The first-order valence-electron chi connectivity index (χ1n) is 10.5. The topological polar surface area (TPSA) is 29.1 Å². The lowest BCUT2D eigenvalue weighted by molar-refractivity contribution is -0.119. The van der Waals surface area contributed by atoms with Crippen molar-refractivity contribution in [3.05, 3.63) is 108 Å². The molecule has 2 atom stereocenters. The van der Waals surface area contributed by atoms with Gasteiger partial charge in [-0.15, -0.1) is 0 Å². The molecule has 1 amide bonds. The predicted octanol–water partition coefficient (Wildman–Crippen LogP) is 6.36. The number of amides is 1. The third-order valence-corrected chi connectivity index (χ3v) is 5.75. The molecule has 0 saturated heterocycles. The molecule has 30 heavy (non-hydrogen) atoms. The second-order valence-corrected chi connectivity index (χ2v) is 7.97. The van der Waals surface area contributed by atoms with Gasteiger partial charge in [-0.25, -0.2) is 0 Å². The van der Waals surface area contributed by atoms with Gasteiger partial charge < -0.3 is 5.32 Å². The van der Waals surface area contributed by atoms with Crippen LogP contribution >= 0.6 is 0 Å². The third-order valence-electron chi connectivity index (χ3n) is 5.75. The van der Waals surface area contributed by atoms with Gasteiger partial charge in [0, 0.05) is 18.9 Å². The van der Waals surface area contributed by atoms with Crippen molar-refractivity contribution in [1.29, 1.82) is 0 Å². The molecule has 0 aliphatic heterocycles. The van der Waals surface area contributed by atoms with Crippen LogP contribution < -0.4 is 5.32 Å². The van der Waals surface area contributed by atoms with E-state index in [1.807, 2.05) is 6.07 Å². The number of hydrogen-bond donors (Lipinski definition) is 1. The van der Waals surface area contributed by atoms with Gasteiger partial charge in [0.2, 0.25) is 5.91 Å². The average Bonchev–Trinajstić information content (AvgIpc) is 2.77. The highest BCUT2D eigenvalue weighted by Gasteiger charge is 2.21. The molecule has 0 radical (unpaired) electrons.